The number of carbonyl (C=O) groups excluding carboxylic acids is 1. The minimum absolute atomic E-state index is 0.0536. The predicted molar refractivity (Wildman–Crippen MR) is 106 cm³/mol. The van der Waals surface area contributed by atoms with Crippen LogP contribution in [-0.4, -0.2) is 56.2 Å². The molecule has 3 rings (SSSR count). The van der Waals surface area contributed by atoms with Crippen molar-refractivity contribution < 1.29 is 9.53 Å². The largest absolute Gasteiger partial charge is 0.497 e. The molecule has 5 nitrogen and oxygen atoms in total. The number of nitrogens with zero attached hydrogens (tertiary/aromatic N) is 2. The normalized spacial score (nSPS) is 25.6. The van der Waals surface area contributed by atoms with Crippen LogP contribution in [0.15, 0.2) is 24.3 Å². The van der Waals surface area contributed by atoms with Crippen LogP contribution >= 0.6 is 0 Å². The molecule has 5 heteroatoms. The molecule has 1 aliphatic carbocycles. The minimum atomic E-state index is -0.0536. The van der Waals surface area contributed by atoms with Crippen molar-refractivity contribution in [2.75, 3.05) is 38.2 Å². The maximum Gasteiger partial charge on any atom is 0.237 e. The van der Waals surface area contributed by atoms with Crippen LogP contribution in [0.3, 0.4) is 0 Å². The number of methoxy groups -OCH3 is 1. The van der Waals surface area contributed by atoms with Crippen molar-refractivity contribution in [1.82, 2.24) is 10.2 Å². The van der Waals surface area contributed by atoms with Gasteiger partial charge in [0.05, 0.1) is 13.2 Å². The van der Waals surface area contributed by atoms with Crippen LogP contribution in [0.1, 0.15) is 39.5 Å². The Morgan fingerprint density at radius 3 is 2.38 bits per heavy atom. The van der Waals surface area contributed by atoms with Gasteiger partial charge >= 0.3 is 0 Å². The summed E-state index contributed by atoms with van der Waals surface area (Å²) in [5.41, 5.74) is 1.22. The molecule has 1 aromatic carbocycles. The van der Waals surface area contributed by atoms with Gasteiger partial charge in [-0.2, -0.15) is 0 Å². The molecular weight excluding hydrogens is 326 g/mol. The van der Waals surface area contributed by atoms with E-state index in [1.807, 2.05) is 19.1 Å². The molecule has 1 aromatic rings. The van der Waals surface area contributed by atoms with Gasteiger partial charge in [0, 0.05) is 37.9 Å². The molecular formula is C21H33N3O2. The number of hydrogen-bond acceptors (Lipinski definition) is 4. The number of nitrogens with one attached hydrogen (secondary N) is 1. The Labute approximate surface area is 157 Å². The van der Waals surface area contributed by atoms with Gasteiger partial charge in [0.15, 0.2) is 0 Å². The van der Waals surface area contributed by atoms with E-state index in [0.29, 0.717) is 12.0 Å². The standard InChI is InChI=1S/C21H33N3O2/c1-16-6-4-5-7-20(16)22-21(25)17(2)23-12-14-24(15-13-23)18-8-10-19(26-3)11-9-18/h8-11,16-17,20H,4-7,12-15H2,1-3H3,(H,22,25). The van der Waals surface area contributed by atoms with Gasteiger partial charge in [0.1, 0.15) is 5.75 Å². The smallest absolute Gasteiger partial charge is 0.237 e. The SMILES string of the molecule is COc1ccc(N2CCN(C(C)C(=O)NC3CCCCC3C)CC2)cc1. The van der Waals surface area contributed by atoms with Crippen molar-refractivity contribution in [3.05, 3.63) is 24.3 Å². The summed E-state index contributed by atoms with van der Waals surface area (Å²) >= 11 is 0. The van der Waals surface area contributed by atoms with Crippen LogP contribution in [0.2, 0.25) is 0 Å². The minimum Gasteiger partial charge on any atom is -0.497 e. The van der Waals surface area contributed by atoms with Gasteiger partial charge in [0.2, 0.25) is 5.91 Å². The Morgan fingerprint density at radius 2 is 1.77 bits per heavy atom. The zero-order valence-corrected chi connectivity index (χ0v) is 16.4. The Morgan fingerprint density at radius 1 is 1.12 bits per heavy atom. The van der Waals surface area contributed by atoms with E-state index in [-0.39, 0.29) is 11.9 Å². The number of hydrogen-bond donors (Lipinski definition) is 1. The van der Waals surface area contributed by atoms with E-state index in [1.54, 1.807) is 7.11 Å². The summed E-state index contributed by atoms with van der Waals surface area (Å²) in [4.78, 5) is 17.4. The Kier molecular flexibility index (Phi) is 6.41. The van der Waals surface area contributed by atoms with Crippen molar-refractivity contribution in [3.8, 4) is 5.75 Å². The first-order chi connectivity index (χ1) is 12.6. The molecule has 1 amide bonds. The van der Waals surface area contributed by atoms with E-state index in [2.05, 4.69) is 34.2 Å². The molecule has 3 atom stereocenters. The average molecular weight is 360 g/mol. The number of rotatable bonds is 5. The summed E-state index contributed by atoms with van der Waals surface area (Å²) in [5, 5.41) is 3.31. The van der Waals surface area contributed by atoms with Crippen molar-refractivity contribution in [2.45, 2.75) is 51.6 Å². The molecule has 26 heavy (non-hydrogen) atoms. The lowest BCUT2D eigenvalue weighted by Crippen LogP contribution is -2.55. The summed E-state index contributed by atoms with van der Waals surface area (Å²) in [6.45, 7) is 8.05. The highest BCUT2D eigenvalue weighted by Crippen LogP contribution is 2.24. The van der Waals surface area contributed by atoms with Crippen LogP contribution in [0.5, 0.6) is 5.75 Å². The van der Waals surface area contributed by atoms with Gasteiger partial charge in [-0.3, -0.25) is 9.69 Å². The molecule has 3 unspecified atom stereocenters. The van der Waals surface area contributed by atoms with Gasteiger partial charge in [-0.25, -0.2) is 0 Å². The molecule has 2 aliphatic rings. The second-order valence-corrected chi connectivity index (χ2v) is 7.77. The van der Waals surface area contributed by atoms with E-state index >= 15 is 0 Å². The zero-order valence-electron chi connectivity index (χ0n) is 16.4. The lowest BCUT2D eigenvalue weighted by molar-refractivity contribution is -0.127. The molecule has 1 N–H and O–H groups in total. The maximum atomic E-state index is 12.7. The quantitative estimate of drug-likeness (QED) is 0.878. The lowest BCUT2D eigenvalue weighted by atomic mass is 9.86. The summed E-state index contributed by atoms with van der Waals surface area (Å²) in [7, 11) is 1.69. The third-order valence-electron chi connectivity index (χ3n) is 6.12. The molecule has 0 bridgehead atoms. The average Bonchev–Trinajstić information content (AvgIpc) is 2.69. The molecule has 1 saturated heterocycles. The number of amides is 1. The molecule has 0 radical (unpaired) electrons. The van der Waals surface area contributed by atoms with Gasteiger partial charge in [-0.1, -0.05) is 19.8 Å². The van der Waals surface area contributed by atoms with Gasteiger partial charge in [-0.05, 0) is 49.9 Å². The second-order valence-electron chi connectivity index (χ2n) is 7.77. The molecule has 1 aliphatic heterocycles. The zero-order chi connectivity index (χ0) is 18.5. The Hall–Kier alpha value is -1.75. The van der Waals surface area contributed by atoms with Crippen molar-refractivity contribution in [2.24, 2.45) is 5.92 Å². The van der Waals surface area contributed by atoms with E-state index < -0.39 is 0 Å². The lowest BCUT2D eigenvalue weighted by Gasteiger charge is -2.39. The fourth-order valence-corrected chi connectivity index (χ4v) is 4.16. The first-order valence-electron chi connectivity index (χ1n) is 10.0. The Bertz CT molecular complexity index is 581. The molecule has 1 heterocycles. The summed E-state index contributed by atoms with van der Waals surface area (Å²) in [5.74, 6) is 1.68. The molecule has 2 fully saturated rings. The van der Waals surface area contributed by atoms with Crippen LogP contribution in [-0.2, 0) is 4.79 Å². The first kappa shape index (κ1) is 19.0. The van der Waals surface area contributed by atoms with Crippen LogP contribution < -0.4 is 15.0 Å². The number of ether oxygens (including phenoxy) is 1. The predicted octanol–water partition coefficient (Wildman–Crippen LogP) is 2.90. The third kappa shape index (κ3) is 4.50. The number of benzene rings is 1. The van der Waals surface area contributed by atoms with Gasteiger partial charge in [-0.15, -0.1) is 0 Å². The summed E-state index contributed by atoms with van der Waals surface area (Å²) < 4.78 is 5.23. The summed E-state index contributed by atoms with van der Waals surface area (Å²) in [6.07, 6.45) is 4.91. The van der Waals surface area contributed by atoms with Crippen LogP contribution in [0.25, 0.3) is 0 Å². The van der Waals surface area contributed by atoms with Crippen molar-refractivity contribution >= 4 is 11.6 Å². The first-order valence-corrected chi connectivity index (χ1v) is 10.0. The van der Waals surface area contributed by atoms with E-state index in [4.69, 9.17) is 4.74 Å². The Balaban J connectivity index is 1.49. The summed E-state index contributed by atoms with van der Waals surface area (Å²) in [6, 6.07) is 8.53. The van der Waals surface area contributed by atoms with E-state index in [9.17, 15) is 4.79 Å². The van der Waals surface area contributed by atoms with E-state index in [0.717, 1.165) is 38.3 Å². The van der Waals surface area contributed by atoms with Crippen LogP contribution in [0, 0.1) is 5.92 Å². The molecule has 1 saturated carbocycles. The van der Waals surface area contributed by atoms with Gasteiger partial charge < -0.3 is 15.0 Å². The highest BCUT2D eigenvalue weighted by atomic mass is 16.5. The topological polar surface area (TPSA) is 44.8 Å². The fraction of sp³-hybridized carbons (Fsp3) is 0.667. The highest BCUT2D eigenvalue weighted by Gasteiger charge is 2.29. The number of anilines is 1. The third-order valence-corrected chi connectivity index (χ3v) is 6.12. The monoisotopic (exact) mass is 359 g/mol. The van der Waals surface area contributed by atoms with E-state index in [1.165, 1.54) is 24.9 Å². The second kappa shape index (κ2) is 8.76. The number of carbonyl (C=O) groups is 1. The highest BCUT2D eigenvalue weighted by molar-refractivity contribution is 5.81. The molecule has 144 valence electrons. The molecule has 0 aromatic heterocycles. The van der Waals surface area contributed by atoms with Crippen molar-refractivity contribution in [3.63, 3.8) is 0 Å². The van der Waals surface area contributed by atoms with Crippen LogP contribution in [0.4, 0.5) is 5.69 Å². The maximum absolute atomic E-state index is 12.7. The molecule has 0 spiro atoms. The fourth-order valence-electron chi connectivity index (χ4n) is 4.16. The van der Waals surface area contributed by atoms with Gasteiger partial charge in [0.25, 0.3) is 0 Å². The van der Waals surface area contributed by atoms with Crippen molar-refractivity contribution in [1.29, 1.82) is 0 Å². The number of piperazine rings is 1.